The minimum atomic E-state index is 0.171. The van der Waals surface area contributed by atoms with Gasteiger partial charge in [0.2, 0.25) is 5.91 Å². The maximum atomic E-state index is 12.0. The first kappa shape index (κ1) is 14.9. The number of hydrogen-bond acceptors (Lipinski definition) is 2. The SMILES string of the molecule is Cc1ccccc1NCCC(=O)NC1CCCCC1C. The molecule has 1 aliphatic carbocycles. The van der Waals surface area contributed by atoms with E-state index in [0.717, 1.165) is 12.1 Å². The molecule has 0 aliphatic heterocycles. The zero-order valence-corrected chi connectivity index (χ0v) is 12.6. The molecule has 3 heteroatoms. The predicted molar refractivity (Wildman–Crippen MR) is 83.8 cm³/mol. The minimum Gasteiger partial charge on any atom is -0.384 e. The van der Waals surface area contributed by atoms with Gasteiger partial charge < -0.3 is 10.6 Å². The lowest BCUT2D eigenvalue weighted by atomic mass is 9.86. The zero-order chi connectivity index (χ0) is 14.4. The fourth-order valence-corrected chi connectivity index (χ4v) is 2.89. The molecule has 2 rings (SSSR count). The van der Waals surface area contributed by atoms with Crippen molar-refractivity contribution in [3.05, 3.63) is 29.8 Å². The van der Waals surface area contributed by atoms with Crippen LogP contribution in [0.15, 0.2) is 24.3 Å². The van der Waals surface area contributed by atoms with E-state index in [1.54, 1.807) is 0 Å². The second-order valence-corrected chi connectivity index (χ2v) is 5.93. The monoisotopic (exact) mass is 274 g/mol. The van der Waals surface area contributed by atoms with Crippen LogP contribution in [0.5, 0.6) is 0 Å². The maximum absolute atomic E-state index is 12.0. The van der Waals surface area contributed by atoms with Crippen molar-refractivity contribution in [2.75, 3.05) is 11.9 Å². The van der Waals surface area contributed by atoms with Crippen LogP contribution in [0.2, 0.25) is 0 Å². The second-order valence-electron chi connectivity index (χ2n) is 5.93. The molecule has 110 valence electrons. The van der Waals surface area contributed by atoms with Gasteiger partial charge >= 0.3 is 0 Å². The first-order valence-electron chi connectivity index (χ1n) is 7.75. The van der Waals surface area contributed by atoms with Crippen LogP contribution in [0.1, 0.15) is 44.6 Å². The topological polar surface area (TPSA) is 41.1 Å². The van der Waals surface area contributed by atoms with Crippen molar-refractivity contribution in [1.29, 1.82) is 0 Å². The van der Waals surface area contributed by atoms with E-state index in [0.29, 0.717) is 24.9 Å². The van der Waals surface area contributed by atoms with Crippen molar-refractivity contribution in [1.82, 2.24) is 5.32 Å². The number of benzene rings is 1. The van der Waals surface area contributed by atoms with Crippen LogP contribution in [-0.4, -0.2) is 18.5 Å². The minimum absolute atomic E-state index is 0.171. The molecule has 2 unspecified atom stereocenters. The van der Waals surface area contributed by atoms with E-state index in [1.807, 2.05) is 12.1 Å². The first-order valence-corrected chi connectivity index (χ1v) is 7.75. The number of amides is 1. The van der Waals surface area contributed by atoms with Crippen molar-refractivity contribution >= 4 is 11.6 Å². The van der Waals surface area contributed by atoms with Gasteiger partial charge in [0.05, 0.1) is 0 Å². The Morgan fingerprint density at radius 2 is 2.00 bits per heavy atom. The van der Waals surface area contributed by atoms with Gasteiger partial charge in [-0.1, -0.05) is 38.0 Å². The molecule has 0 bridgehead atoms. The highest BCUT2D eigenvalue weighted by Crippen LogP contribution is 2.23. The average Bonchev–Trinajstić information content (AvgIpc) is 2.43. The Labute approximate surface area is 122 Å². The summed E-state index contributed by atoms with van der Waals surface area (Å²) >= 11 is 0. The molecular weight excluding hydrogens is 248 g/mol. The summed E-state index contributed by atoms with van der Waals surface area (Å²) in [6.07, 6.45) is 5.47. The van der Waals surface area contributed by atoms with Crippen LogP contribution < -0.4 is 10.6 Å². The van der Waals surface area contributed by atoms with E-state index in [-0.39, 0.29) is 5.91 Å². The van der Waals surface area contributed by atoms with Crippen LogP contribution in [0, 0.1) is 12.8 Å². The number of carbonyl (C=O) groups is 1. The largest absolute Gasteiger partial charge is 0.384 e. The lowest BCUT2D eigenvalue weighted by Gasteiger charge is -2.29. The summed E-state index contributed by atoms with van der Waals surface area (Å²) in [7, 11) is 0. The molecular formula is C17H26N2O. The highest BCUT2D eigenvalue weighted by molar-refractivity contribution is 5.76. The maximum Gasteiger partial charge on any atom is 0.221 e. The number of aryl methyl sites for hydroxylation is 1. The predicted octanol–water partition coefficient (Wildman–Crippen LogP) is 3.49. The van der Waals surface area contributed by atoms with E-state index in [9.17, 15) is 4.79 Å². The van der Waals surface area contributed by atoms with Crippen molar-refractivity contribution in [3.63, 3.8) is 0 Å². The molecule has 1 fully saturated rings. The summed E-state index contributed by atoms with van der Waals surface area (Å²) in [6.45, 7) is 5.01. The van der Waals surface area contributed by atoms with Gasteiger partial charge in [-0.25, -0.2) is 0 Å². The molecule has 1 aromatic rings. The summed E-state index contributed by atoms with van der Waals surface area (Å²) < 4.78 is 0. The van der Waals surface area contributed by atoms with Crippen LogP contribution in [0.4, 0.5) is 5.69 Å². The van der Waals surface area contributed by atoms with Crippen LogP contribution in [-0.2, 0) is 4.79 Å². The molecule has 1 aliphatic rings. The number of nitrogens with one attached hydrogen (secondary N) is 2. The third-order valence-electron chi connectivity index (χ3n) is 4.27. The van der Waals surface area contributed by atoms with E-state index in [4.69, 9.17) is 0 Å². The van der Waals surface area contributed by atoms with Gasteiger partial charge in [-0.05, 0) is 37.3 Å². The Morgan fingerprint density at radius 1 is 1.25 bits per heavy atom. The van der Waals surface area contributed by atoms with Crippen molar-refractivity contribution in [2.24, 2.45) is 5.92 Å². The Bertz CT molecular complexity index is 444. The van der Waals surface area contributed by atoms with E-state index >= 15 is 0 Å². The van der Waals surface area contributed by atoms with Gasteiger partial charge in [0.1, 0.15) is 0 Å². The van der Waals surface area contributed by atoms with Gasteiger partial charge in [-0.2, -0.15) is 0 Å². The van der Waals surface area contributed by atoms with Crippen molar-refractivity contribution < 1.29 is 4.79 Å². The number of para-hydroxylation sites is 1. The Balaban J connectivity index is 1.71. The molecule has 0 aromatic heterocycles. The zero-order valence-electron chi connectivity index (χ0n) is 12.6. The average molecular weight is 274 g/mol. The normalized spacial score (nSPS) is 22.3. The number of hydrogen-bond donors (Lipinski definition) is 2. The van der Waals surface area contributed by atoms with Gasteiger partial charge in [0, 0.05) is 24.7 Å². The molecule has 1 aromatic carbocycles. The van der Waals surface area contributed by atoms with Gasteiger partial charge in [0.15, 0.2) is 0 Å². The van der Waals surface area contributed by atoms with Crippen molar-refractivity contribution in [3.8, 4) is 0 Å². The van der Waals surface area contributed by atoms with Crippen LogP contribution in [0.25, 0.3) is 0 Å². The number of carbonyl (C=O) groups excluding carboxylic acids is 1. The molecule has 1 amide bonds. The Hall–Kier alpha value is -1.51. The quantitative estimate of drug-likeness (QED) is 0.863. The summed E-state index contributed by atoms with van der Waals surface area (Å²) in [6, 6.07) is 8.55. The summed E-state index contributed by atoms with van der Waals surface area (Å²) in [5, 5.41) is 6.52. The standard InChI is InChI=1S/C17H26N2O/c1-13-7-3-5-9-15(13)18-12-11-17(20)19-16-10-6-4-8-14(16)2/h3,5,7,9,14,16,18H,4,6,8,10-12H2,1-2H3,(H,19,20). The number of anilines is 1. The smallest absolute Gasteiger partial charge is 0.221 e. The molecule has 2 N–H and O–H groups in total. The number of rotatable bonds is 5. The molecule has 0 spiro atoms. The molecule has 3 nitrogen and oxygen atoms in total. The lowest BCUT2D eigenvalue weighted by Crippen LogP contribution is -2.41. The fraction of sp³-hybridized carbons (Fsp3) is 0.588. The summed E-state index contributed by atoms with van der Waals surface area (Å²) in [4.78, 5) is 12.0. The summed E-state index contributed by atoms with van der Waals surface area (Å²) in [5.74, 6) is 0.793. The molecule has 2 atom stereocenters. The first-order chi connectivity index (χ1) is 9.66. The molecule has 0 saturated heterocycles. The lowest BCUT2D eigenvalue weighted by molar-refractivity contribution is -0.122. The Kier molecular flexibility index (Phi) is 5.45. The third-order valence-corrected chi connectivity index (χ3v) is 4.27. The van der Waals surface area contributed by atoms with Gasteiger partial charge in [-0.3, -0.25) is 4.79 Å². The third kappa shape index (κ3) is 4.26. The Morgan fingerprint density at radius 3 is 2.75 bits per heavy atom. The van der Waals surface area contributed by atoms with Crippen LogP contribution >= 0.6 is 0 Å². The van der Waals surface area contributed by atoms with E-state index in [2.05, 4.69) is 36.6 Å². The highest BCUT2D eigenvalue weighted by Gasteiger charge is 2.22. The molecule has 0 heterocycles. The fourth-order valence-electron chi connectivity index (χ4n) is 2.89. The molecule has 20 heavy (non-hydrogen) atoms. The molecule has 0 radical (unpaired) electrons. The van der Waals surface area contributed by atoms with E-state index < -0.39 is 0 Å². The van der Waals surface area contributed by atoms with E-state index in [1.165, 1.54) is 24.8 Å². The molecule has 1 saturated carbocycles. The summed E-state index contributed by atoms with van der Waals surface area (Å²) in [5.41, 5.74) is 2.33. The van der Waals surface area contributed by atoms with Crippen LogP contribution in [0.3, 0.4) is 0 Å². The van der Waals surface area contributed by atoms with Crippen molar-refractivity contribution in [2.45, 2.75) is 52.0 Å². The highest BCUT2D eigenvalue weighted by atomic mass is 16.1. The van der Waals surface area contributed by atoms with Gasteiger partial charge in [0.25, 0.3) is 0 Å². The second kappa shape index (κ2) is 7.32. The van der Waals surface area contributed by atoms with Gasteiger partial charge in [-0.15, -0.1) is 0 Å².